The Morgan fingerprint density at radius 3 is 2.56 bits per heavy atom. The molecular weight excluding hydrogens is 140 g/mol. The molecule has 0 unspecified atom stereocenters. The van der Waals surface area contributed by atoms with E-state index in [2.05, 4.69) is 11.6 Å². The fraction of sp³-hybridized carbons (Fsp3) is 0.333. The van der Waals surface area contributed by atoms with Crippen LogP contribution in [0.25, 0.3) is 0 Å². The Balaban J connectivity index is 0.000000291. The van der Waals surface area contributed by atoms with E-state index >= 15 is 0 Å². The van der Waals surface area contributed by atoms with Crippen LogP contribution in [0.5, 0.6) is 0 Å². The van der Waals surface area contributed by atoms with Gasteiger partial charge < -0.3 is 9.52 Å². The van der Waals surface area contributed by atoms with Crippen molar-refractivity contribution in [2.75, 3.05) is 6.38 Å². The summed E-state index contributed by atoms with van der Waals surface area (Å²) in [5.41, 5.74) is 0. The van der Waals surface area contributed by atoms with E-state index in [0.29, 0.717) is 5.76 Å². The molecule has 1 N–H and O–H groups in total. The number of hydrogen-bond acceptors (Lipinski definition) is 2. The van der Waals surface area contributed by atoms with Crippen LogP contribution >= 0.6 is 11.6 Å². The van der Waals surface area contributed by atoms with Crippen LogP contribution in [0.15, 0.2) is 22.8 Å². The molecule has 0 fully saturated rings. The van der Waals surface area contributed by atoms with Gasteiger partial charge in [-0.1, -0.05) is 0 Å². The van der Waals surface area contributed by atoms with Crippen molar-refractivity contribution in [3.63, 3.8) is 0 Å². The Bertz CT molecular complexity index is 126. The zero-order chi connectivity index (χ0) is 7.11. The van der Waals surface area contributed by atoms with Crippen molar-refractivity contribution < 1.29 is 9.52 Å². The third-order valence-electron chi connectivity index (χ3n) is 0.736. The summed E-state index contributed by atoms with van der Waals surface area (Å²) in [5.74, 6) is 0.611. The second-order valence-electron chi connectivity index (χ2n) is 1.24. The topological polar surface area (TPSA) is 33.4 Å². The van der Waals surface area contributed by atoms with Crippen LogP contribution in [-0.4, -0.2) is 11.5 Å². The molecule has 0 amide bonds. The maximum absolute atomic E-state index is 8.33. The van der Waals surface area contributed by atoms with Gasteiger partial charge in [-0.15, -0.1) is 11.6 Å². The maximum atomic E-state index is 8.33. The number of halogens is 1. The van der Waals surface area contributed by atoms with Crippen molar-refractivity contribution >= 4 is 11.6 Å². The number of hydrogen-bond donors (Lipinski definition) is 1. The molecular formula is C6H9ClO2. The van der Waals surface area contributed by atoms with Crippen LogP contribution in [0.3, 0.4) is 0 Å². The summed E-state index contributed by atoms with van der Waals surface area (Å²) in [6, 6.07) is 3.46. The van der Waals surface area contributed by atoms with Gasteiger partial charge in [-0.3, -0.25) is 0 Å². The van der Waals surface area contributed by atoms with E-state index in [1.54, 1.807) is 12.1 Å². The molecule has 0 saturated heterocycles. The standard InChI is InChI=1S/C5H6O2.CH3Cl/c6-4-5-2-1-3-7-5;1-2/h1-3,6H,4H2;1H3. The largest absolute Gasteiger partial charge is 0.467 e. The molecule has 2 nitrogen and oxygen atoms in total. The van der Waals surface area contributed by atoms with Crippen LogP contribution in [0.1, 0.15) is 5.76 Å². The van der Waals surface area contributed by atoms with Crippen LogP contribution in [-0.2, 0) is 6.61 Å². The quantitative estimate of drug-likeness (QED) is 0.614. The first-order valence-corrected chi connectivity index (χ1v) is 3.20. The SMILES string of the molecule is CCl.OCc1ccco1. The molecule has 3 heteroatoms. The minimum Gasteiger partial charge on any atom is -0.467 e. The number of rotatable bonds is 1. The fourth-order valence-corrected chi connectivity index (χ4v) is 0.403. The van der Waals surface area contributed by atoms with Gasteiger partial charge in [-0.25, -0.2) is 0 Å². The van der Waals surface area contributed by atoms with Crippen LogP contribution in [0.4, 0.5) is 0 Å². The lowest BCUT2D eigenvalue weighted by Gasteiger charge is -1.79. The Labute approximate surface area is 59.1 Å². The fourth-order valence-electron chi connectivity index (χ4n) is 0.403. The van der Waals surface area contributed by atoms with Crippen LogP contribution < -0.4 is 0 Å². The van der Waals surface area contributed by atoms with Gasteiger partial charge >= 0.3 is 0 Å². The van der Waals surface area contributed by atoms with Crippen LogP contribution in [0.2, 0.25) is 0 Å². The predicted octanol–water partition coefficient (Wildman–Crippen LogP) is 1.63. The highest BCUT2D eigenvalue weighted by molar-refractivity contribution is 6.15. The molecule has 1 rings (SSSR count). The Hall–Kier alpha value is -0.470. The summed E-state index contributed by atoms with van der Waals surface area (Å²) in [5, 5.41) is 8.33. The van der Waals surface area contributed by atoms with Crippen molar-refractivity contribution in [3.05, 3.63) is 24.2 Å². The number of aliphatic hydroxyl groups is 1. The lowest BCUT2D eigenvalue weighted by Crippen LogP contribution is -1.72. The molecule has 0 aliphatic heterocycles. The average Bonchev–Trinajstić information content (AvgIpc) is 2.43. The Kier molecular flexibility index (Phi) is 5.37. The van der Waals surface area contributed by atoms with Gasteiger partial charge in [0.05, 0.1) is 6.26 Å². The molecule has 0 aliphatic rings. The molecule has 0 bridgehead atoms. The van der Waals surface area contributed by atoms with Gasteiger partial charge in [0.2, 0.25) is 0 Å². The zero-order valence-electron chi connectivity index (χ0n) is 5.17. The monoisotopic (exact) mass is 148 g/mol. The van der Waals surface area contributed by atoms with Crippen molar-refractivity contribution in [2.24, 2.45) is 0 Å². The summed E-state index contributed by atoms with van der Waals surface area (Å²) in [7, 11) is 0. The molecule has 1 aromatic heterocycles. The van der Waals surface area contributed by atoms with Crippen molar-refractivity contribution in [1.29, 1.82) is 0 Å². The van der Waals surface area contributed by atoms with E-state index in [1.165, 1.54) is 12.6 Å². The van der Waals surface area contributed by atoms with E-state index in [0.717, 1.165) is 0 Å². The first-order valence-electron chi connectivity index (χ1n) is 2.44. The molecule has 0 aromatic carbocycles. The highest BCUT2D eigenvalue weighted by Gasteiger charge is 1.85. The lowest BCUT2D eigenvalue weighted by molar-refractivity contribution is 0.247. The highest BCUT2D eigenvalue weighted by Crippen LogP contribution is 1.96. The van der Waals surface area contributed by atoms with Gasteiger partial charge in [0.25, 0.3) is 0 Å². The summed E-state index contributed by atoms with van der Waals surface area (Å²) >= 11 is 4.64. The lowest BCUT2D eigenvalue weighted by atomic mass is 10.5. The normalized spacial score (nSPS) is 7.89. The van der Waals surface area contributed by atoms with E-state index in [-0.39, 0.29) is 6.61 Å². The number of alkyl halides is 1. The number of furan rings is 1. The molecule has 1 aromatic rings. The zero-order valence-corrected chi connectivity index (χ0v) is 5.93. The smallest absolute Gasteiger partial charge is 0.129 e. The second-order valence-corrected chi connectivity index (χ2v) is 1.24. The van der Waals surface area contributed by atoms with Gasteiger partial charge in [-0.2, -0.15) is 0 Å². The third kappa shape index (κ3) is 3.16. The van der Waals surface area contributed by atoms with E-state index in [4.69, 9.17) is 9.52 Å². The summed E-state index contributed by atoms with van der Waals surface area (Å²) in [6.07, 6.45) is 3.01. The minimum atomic E-state index is -0.00694. The minimum absolute atomic E-state index is 0.00694. The average molecular weight is 149 g/mol. The Morgan fingerprint density at radius 2 is 2.33 bits per heavy atom. The molecule has 9 heavy (non-hydrogen) atoms. The molecule has 0 aliphatic carbocycles. The van der Waals surface area contributed by atoms with Crippen LogP contribution in [0, 0.1) is 0 Å². The molecule has 52 valence electrons. The van der Waals surface area contributed by atoms with Gasteiger partial charge in [0, 0.05) is 6.38 Å². The Morgan fingerprint density at radius 1 is 1.67 bits per heavy atom. The predicted molar refractivity (Wildman–Crippen MR) is 36.4 cm³/mol. The molecule has 0 radical (unpaired) electrons. The van der Waals surface area contributed by atoms with Gasteiger partial charge in [0.1, 0.15) is 12.4 Å². The maximum Gasteiger partial charge on any atom is 0.129 e. The highest BCUT2D eigenvalue weighted by atomic mass is 35.5. The molecule has 0 spiro atoms. The number of aliphatic hydroxyl groups excluding tert-OH is 1. The van der Waals surface area contributed by atoms with Crippen molar-refractivity contribution in [3.8, 4) is 0 Å². The van der Waals surface area contributed by atoms with E-state index in [1.807, 2.05) is 0 Å². The summed E-state index contributed by atoms with van der Waals surface area (Å²) < 4.78 is 4.73. The molecule has 0 atom stereocenters. The van der Waals surface area contributed by atoms with Crippen molar-refractivity contribution in [1.82, 2.24) is 0 Å². The van der Waals surface area contributed by atoms with Gasteiger partial charge in [0.15, 0.2) is 0 Å². The van der Waals surface area contributed by atoms with Crippen molar-refractivity contribution in [2.45, 2.75) is 6.61 Å². The third-order valence-corrected chi connectivity index (χ3v) is 0.736. The van der Waals surface area contributed by atoms with Gasteiger partial charge in [-0.05, 0) is 12.1 Å². The summed E-state index contributed by atoms with van der Waals surface area (Å²) in [4.78, 5) is 0. The first kappa shape index (κ1) is 8.53. The van der Waals surface area contributed by atoms with E-state index in [9.17, 15) is 0 Å². The van der Waals surface area contributed by atoms with E-state index < -0.39 is 0 Å². The first-order chi connectivity index (χ1) is 4.43. The second kappa shape index (κ2) is 5.66. The molecule has 1 heterocycles. The summed E-state index contributed by atoms with van der Waals surface area (Å²) in [6.45, 7) is -0.00694. The molecule has 0 saturated carbocycles.